The number of carbonyl (C=O) groups is 2. The highest BCUT2D eigenvalue weighted by Gasteiger charge is 2.09. The molecule has 0 unspecified atom stereocenters. The summed E-state index contributed by atoms with van der Waals surface area (Å²) >= 11 is 0. The summed E-state index contributed by atoms with van der Waals surface area (Å²) in [5, 5.41) is 4.69. The molecule has 0 bridgehead atoms. The smallest absolute Gasteiger partial charge is 0.319 e. The van der Waals surface area contributed by atoms with E-state index < -0.39 is 11.9 Å². The van der Waals surface area contributed by atoms with Crippen LogP contribution in [0.1, 0.15) is 5.56 Å². The number of urea groups is 1. The molecule has 17 heavy (non-hydrogen) atoms. The molecule has 1 aromatic rings. The third-order valence-electron chi connectivity index (χ3n) is 2.05. The van der Waals surface area contributed by atoms with Crippen molar-refractivity contribution in [2.75, 3.05) is 18.9 Å². The summed E-state index contributed by atoms with van der Waals surface area (Å²) in [6.45, 7) is 1.55. The highest BCUT2D eigenvalue weighted by molar-refractivity contribution is 5.92. The first-order chi connectivity index (χ1) is 7.99. The molecule has 0 spiro atoms. The van der Waals surface area contributed by atoms with Crippen LogP contribution in [0.2, 0.25) is 0 Å². The lowest BCUT2D eigenvalue weighted by molar-refractivity contribution is -0.141. The van der Waals surface area contributed by atoms with Crippen LogP contribution in [0, 0.1) is 6.92 Å². The van der Waals surface area contributed by atoms with Crippen molar-refractivity contribution in [2.45, 2.75) is 6.92 Å². The van der Waals surface area contributed by atoms with E-state index in [1.165, 1.54) is 0 Å². The fourth-order valence-corrected chi connectivity index (χ4v) is 1.08. The number of nitrogens with zero attached hydrogens (tertiary/aromatic N) is 1. The molecular weight excluding hydrogens is 225 g/mol. The van der Waals surface area contributed by atoms with Gasteiger partial charge in [-0.2, -0.15) is 5.12 Å². The predicted molar refractivity (Wildman–Crippen MR) is 62.1 cm³/mol. The fraction of sp³-hybridized carbons (Fsp3) is 0.273. The molecule has 0 aromatic heterocycles. The molecule has 0 aliphatic rings. The molecule has 0 saturated carbocycles. The lowest BCUT2D eigenvalue weighted by atomic mass is 10.2. The van der Waals surface area contributed by atoms with E-state index in [-0.39, 0.29) is 11.7 Å². The Hall–Kier alpha value is -2.11. The minimum Gasteiger partial charge on any atom is -0.329 e. The van der Waals surface area contributed by atoms with Crippen LogP contribution in [0.15, 0.2) is 24.3 Å². The van der Waals surface area contributed by atoms with Crippen LogP contribution < -0.4 is 10.6 Å². The van der Waals surface area contributed by atoms with E-state index in [1.807, 2.05) is 19.1 Å². The van der Waals surface area contributed by atoms with Crippen molar-refractivity contribution in [1.82, 2.24) is 10.4 Å². The molecule has 5 nitrogen and oxygen atoms in total. The van der Waals surface area contributed by atoms with Gasteiger partial charge in [0.15, 0.2) is 0 Å². The summed E-state index contributed by atoms with van der Waals surface area (Å²) in [5.41, 5.74) is 1.68. The number of aryl methyl sites for hydroxylation is 1. The maximum Gasteiger partial charge on any atom is 0.319 e. The number of halogens is 1. The van der Waals surface area contributed by atoms with Gasteiger partial charge in [-0.1, -0.05) is 22.2 Å². The minimum absolute atomic E-state index is 0.0772. The molecule has 0 fully saturated rings. The highest BCUT2D eigenvalue weighted by Crippen LogP contribution is 2.07. The van der Waals surface area contributed by atoms with Crippen molar-refractivity contribution in [1.29, 1.82) is 0 Å². The first-order valence-electron chi connectivity index (χ1n) is 5.03. The lowest BCUT2D eigenvalue weighted by Gasteiger charge is -2.08. The third-order valence-corrected chi connectivity index (χ3v) is 2.05. The zero-order valence-corrected chi connectivity index (χ0v) is 9.66. The van der Waals surface area contributed by atoms with Crippen LogP contribution in [0.3, 0.4) is 0 Å². The van der Waals surface area contributed by atoms with Crippen molar-refractivity contribution in [3.05, 3.63) is 29.8 Å². The Morgan fingerprint density at radius 2 is 1.88 bits per heavy atom. The Morgan fingerprint density at radius 1 is 1.29 bits per heavy atom. The SMILES string of the molecule is Cc1ccc(NC(=O)NCC(=O)N(C)F)cc1. The van der Waals surface area contributed by atoms with E-state index in [4.69, 9.17) is 0 Å². The average Bonchev–Trinajstić information content (AvgIpc) is 2.29. The average molecular weight is 239 g/mol. The number of hydrogen-bond donors (Lipinski definition) is 2. The Kier molecular flexibility index (Phi) is 4.45. The van der Waals surface area contributed by atoms with Crippen molar-refractivity contribution in [3.63, 3.8) is 0 Å². The summed E-state index contributed by atoms with van der Waals surface area (Å²) in [6, 6.07) is 6.60. The molecule has 0 heterocycles. The van der Waals surface area contributed by atoms with E-state index in [9.17, 15) is 14.1 Å². The van der Waals surface area contributed by atoms with E-state index in [0.29, 0.717) is 5.69 Å². The number of hydrogen-bond acceptors (Lipinski definition) is 2. The second-order valence-electron chi connectivity index (χ2n) is 3.54. The van der Waals surface area contributed by atoms with Gasteiger partial charge in [0.2, 0.25) is 0 Å². The van der Waals surface area contributed by atoms with Crippen molar-refractivity contribution >= 4 is 17.6 Å². The van der Waals surface area contributed by atoms with Gasteiger partial charge < -0.3 is 10.6 Å². The van der Waals surface area contributed by atoms with E-state index in [2.05, 4.69) is 10.6 Å². The van der Waals surface area contributed by atoms with Crippen LogP contribution in [-0.4, -0.2) is 30.7 Å². The molecule has 92 valence electrons. The Labute approximate surface area is 98.5 Å². The van der Waals surface area contributed by atoms with Gasteiger partial charge in [0, 0.05) is 12.7 Å². The van der Waals surface area contributed by atoms with Gasteiger partial charge in [-0.05, 0) is 19.1 Å². The second kappa shape index (κ2) is 5.83. The minimum atomic E-state index is -0.816. The number of amides is 3. The number of nitrogens with one attached hydrogen (secondary N) is 2. The van der Waals surface area contributed by atoms with Gasteiger partial charge in [0.1, 0.15) is 6.54 Å². The summed E-state index contributed by atoms with van der Waals surface area (Å²) in [6.07, 6.45) is 0. The summed E-state index contributed by atoms with van der Waals surface area (Å²) < 4.78 is 12.3. The van der Waals surface area contributed by atoms with Gasteiger partial charge >= 0.3 is 6.03 Å². The topological polar surface area (TPSA) is 61.4 Å². The molecule has 2 N–H and O–H groups in total. The van der Waals surface area contributed by atoms with Crippen molar-refractivity contribution in [3.8, 4) is 0 Å². The molecule has 0 saturated heterocycles. The molecule has 6 heteroatoms. The number of benzene rings is 1. The van der Waals surface area contributed by atoms with E-state index in [0.717, 1.165) is 12.6 Å². The maximum absolute atomic E-state index is 12.3. The summed E-state index contributed by atoms with van der Waals surface area (Å²) in [5.74, 6) is -0.816. The lowest BCUT2D eigenvalue weighted by Crippen LogP contribution is -2.37. The van der Waals surface area contributed by atoms with E-state index >= 15 is 0 Å². The number of rotatable bonds is 3. The van der Waals surface area contributed by atoms with Crippen LogP contribution in [-0.2, 0) is 4.79 Å². The van der Waals surface area contributed by atoms with Gasteiger partial charge in [-0.3, -0.25) is 4.79 Å². The van der Waals surface area contributed by atoms with Crippen LogP contribution in [0.25, 0.3) is 0 Å². The molecule has 1 aromatic carbocycles. The third kappa shape index (κ3) is 4.50. The molecule has 0 radical (unpaired) electrons. The first kappa shape index (κ1) is 13.0. The molecule has 0 atom stereocenters. The zero-order valence-electron chi connectivity index (χ0n) is 9.66. The summed E-state index contributed by atoms with van der Waals surface area (Å²) in [4.78, 5) is 22.2. The number of likely N-dealkylation sites (N-methyl/N-ethyl adjacent to an activating group) is 1. The molecule has 3 amide bonds. The Balaban J connectivity index is 2.40. The summed E-state index contributed by atoms with van der Waals surface area (Å²) in [7, 11) is 0.974. The molecule has 1 rings (SSSR count). The van der Waals surface area contributed by atoms with E-state index in [1.54, 1.807) is 12.1 Å². The van der Waals surface area contributed by atoms with Crippen molar-refractivity contribution < 1.29 is 14.1 Å². The zero-order chi connectivity index (χ0) is 12.8. The van der Waals surface area contributed by atoms with Crippen LogP contribution in [0.5, 0.6) is 0 Å². The molecular formula is C11H14FN3O2. The molecule has 0 aliphatic carbocycles. The molecule has 0 aliphatic heterocycles. The number of anilines is 1. The standard InChI is InChI=1S/C11H14FN3O2/c1-8-3-5-9(6-4-8)14-11(17)13-7-10(16)15(2)12/h3-6H,7H2,1-2H3,(H2,13,14,17). The largest absolute Gasteiger partial charge is 0.329 e. The Morgan fingerprint density at radius 3 is 2.41 bits per heavy atom. The van der Waals surface area contributed by atoms with Gasteiger partial charge in [-0.25, -0.2) is 4.79 Å². The predicted octanol–water partition coefficient (Wildman–Crippen LogP) is 1.46. The highest BCUT2D eigenvalue weighted by atomic mass is 19.2. The fourth-order valence-electron chi connectivity index (χ4n) is 1.08. The monoisotopic (exact) mass is 239 g/mol. The number of carbonyl (C=O) groups excluding carboxylic acids is 2. The normalized spacial score (nSPS) is 9.59. The maximum atomic E-state index is 12.3. The van der Waals surface area contributed by atoms with Crippen LogP contribution in [0.4, 0.5) is 15.0 Å². The van der Waals surface area contributed by atoms with Gasteiger partial charge in [0.25, 0.3) is 5.91 Å². The van der Waals surface area contributed by atoms with Gasteiger partial charge in [-0.15, -0.1) is 0 Å². The Bertz CT molecular complexity index is 404. The quantitative estimate of drug-likeness (QED) is 0.784. The second-order valence-corrected chi connectivity index (χ2v) is 3.54. The van der Waals surface area contributed by atoms with Crippen molar-refractivity contribution in [2.24, 2.45) is 0 Å². The first-order valence-corrected chi connectivity index (χ1v) is 5.03. The van der Waals surface area contributed by atoms with Crippen LogP contribution >= 0.6 is 0 Å². The van der Waals surface area contributed by atoms with Gasteiger partial charge in [0.05, 0.1) is 0 Å².